The second kappa shape index (κ2) is 9.56. The van der Waals surface area contributed by atoms with Crippen LogP contribution in [0.3, 0.4) is 0 Å². The lowest BCUT2D eigenvalue weighted by atomic mass is 9.79. The molecule has 5 atom stereocenters. The summed E-state index contributed by atoms with van der Waals surface area (Å²) in [5, 5.41) is 0. The molecule has 0 spiro atoms. The zero-order valence-corrected chi connectivity index (χ0v) is 16.7. The standard InChI is InChI=1S/C24H38N2O4/c1-14(2)9-17-13-26-8-7-16-10-21(28-5)22(29-6)11-18(16)19(26)12-20(17)30-24(27)23(25)15(3)4/h10-11,14-15,17,19-20,23H,7-9,12-13,25H2,1-6H3/t17?,19?,20?,23-/m0/s1/i1D3,3D3,4D3,9D2,10D,11D,12D2,13D2,14D,15D,17D,23D/t14?,17?,19?,20?,23-. The quantitative estimate of drug-likeness (QED) is 0.655. The molecule has 168 valence electrons. The van der Waals surface area contributed by atoms with Gasteiger partial charge in [-0.3, -0.25) is 9.69 Å². The minimum absolute atomic E-state index is 0.111. The maximum Gasteiger partial charge on any atom is 0.323 e. The van der Waals surface area contributed by atoms with E-state index in [4.69, 9.17) is 41.9 Å². The van der Waals surface area contributed by atoms with Gasteiger partial charge in [0.15, 0.2) is 11.5 Å². The first-order valence-corrected chi connectivity index (χ1v) is 8.96. The fourth-order valence-electron chi connectivity index (χ4n) is 3.15. The second-order valence-corrected chi connectivity index (χ2v) is 6.57. The number of piperidine rings is 1. The fraction of sp³-hybridized carbons (Fsp3) is 0.708. The van der Waals surface area contributed by atoms with E-state index in [1.54, 1.807) is 0 Å². The molecule has 6 nitrogen and oxygen atoms in total. The molecular formula is C24H38N2O4. The molecule has 0 saturated carbocycles. The summed E-state index contributed by atoms with van der Waals surface area (Å²) in [6, 6.07) is -7.57. The molecule has 0 bridgehead atoms. The molecule has 0 aromatic heterocycles. The summed E-state index contributed by atoms with van der Waals surface area (Å²) in [6.07, 6.45) is -11.4. The molecule has 0 radical (unpaired) electrons. The first kappa shape index (κ1) is 7.96. The van der Waals surface area contributed by atoms with Gasteiger partial charge < -0.3 is 19.9 Å². The molecule has 1 saturated heterocycles. The highest BCUT2D eigenvalue weighted by molar-refractivity contribution is 5.76. The van der Waals surface area contributed by atoms with Gasteiger partial charge in [-0.2, -0.15) is 0 Å². The molecule has 6 heteroatoms. The van der Waals surface area contributed by atoms with Crippen LogP contribution in [-0.2, 0) is 16.0 Å². The van der Waals surface area contributed by atoms with Gasteiger partial charge in [0.2, 0.25) is 0 Å². The van der Waals surface area contributed by atoms with Gasteiger partial charge in [0.25, 0.3) is 0 Å². The van der Waals surface area contributed by atoms with Crippen molar-refractivity contribution in [2.24, 2.45) is 23.4 Å². The van der Waals surface area contributed by atoms with Crippen LogP contribution in [0.15, 0.2) is 12.1 Å². The van der Waals surface area contributed by atoms with Gasteiger partial charge in [-0.25, -0.2) is 0 Å². The Morgan fingerprint density at radius 2 is 2.17 bits per heavy atom. The van der Waals surface area contributed by atoms with Crippen molar-refractivity contribution in [1.29, 1.82) is 0 Å². The highest BCUT2D eigenvalue weighted by atomic mass is 16.5. The molecule has 0 aliphatic carbocycles. The molecule has 2 heterocycles. The van der Waals surface area contributed by atoms with Crippen LogP contribution in [0.5, 0.6) is 11.5 Å². The number of fused-ring (bicyclic) bond motifs is 3. The first-order valence-electron chi connectivity index (χ1n) is 19.5. The van der Waals surface area contributed by atoms with Gasteiger partial charge in [-0.15, -0.1) is 0 Å². The van der Waals surface area contributed by atoms with Crippen LogP contribution in [0.4, 0.5) is 0 Å². The number of rotatable bonds is 7. The lowest BCUT2D eigenvalue weighted by Crippen LogP contribution is -2.51. The number of hydrogen-bond donors (Lipinski definition) is 1. The zero-order valence-electron chi connectivity index (χ0n) is 37.7. The van der Waals surface area contributed by atoms with E-state index in [1.165, 1.54) is 0 Å². The van der Waals surface area contributed by atoms with Crippen molar-refractivity contribution >= 4 is 5.97 Å². The molecule has 2 N–H and O–H groups in total. The number of hydrogen-bond acceptors (Lipinski definition) is 6. The van der Waals surface area contributed by atoms with Crippen molar-refractivity contribution in [3.8, 4) is 11.5 Å². The molecule has 4 unspecified atom stereocenters. The number of nitrogens with two attached hydrogens (primary N) is 1. The summed E-state index contributed by atoms with van der Waals surface area (Å²) in [6.45, 7) is -15.7. The van der Waals surface area contributed by atoms with Crippen molar-refractivity contribution in [1.82, 2.24) is 4.90 Å². The number of nitrogens with zero attached hydrogens (tertiary/aromatic N) is 1. The van der Waals surface area contributed by atoms with Crippen molar-refractivity contribution in [3.05, 3.63) is 23.2 Å². The van der Waals surface area contributed by atoms with E-state index in [9.17, 15) is 11.6 Å². The molecule has 3 rings (SSSR count). The summed E-state index contributed by atoms with van der Waals surface area (Å²) in [5.41, 5.74) is 5.05. The molecule has 1 fully saturated rings. The fourth-order valence-corrected chi connectivity index (χ4v) is 3.15. The van der Waals surface area contributed by atoms with Gasteiger partial charge in [0.1, 0.15) is 12.1 Å². The van der Waals surface area contributed by atoms with Crippen LogP contribution in [-0.4, -0.2) is 50.3 Å². The Morgan fingerprint density at radius 3 is 2.83 bits per heavy atom. The van der Waals surface area contributed by atoms with Crippen molar-refractivity contribution in [2.75, 3.05) is 27.3 Å². The number of ether oxygens (including phenoxy) is 3. The maximum absolute atomic E-state index is 13.8. The van der Waals surface area contributed by atoms with E-state index in [1.807, 2.05) is 0 Å². The van der Waals surface area contributed by atoms with Crippen LogP contribution in [0.25, 0.3) is 0 Å². The summed E-state index contributed by atoms with van der Waals surface area (Å²) in [5.74, 6) is -15.1. The Kier molecular flexibility index (Phi) is 2.54. The Morgan fingerprint density at radius 1 is 1.43 bits per heavy atom. The SMILES string of the molecule is [2H]c1c2c(c([2H])c(OC)c1OC)C1N(CC2)C([2H])([2H])C([2H])(C([2H])([2H])C([2H])(C)C([2H])([2H])[2H])C(OC(=O)[C@@]([2H])(N)C([2H])(C([2H])([2H])[2H])C([2H])([2H])[2H])C1([2H])[2H]. The minimum atomic E-state index is -4.25. The number of benzene rings is 1. The van der Waals surface area contributed by atoms with E-state index < -0.39 is 112 Å². The van der Waals surface area contributed by atoms with E-state index in [2.05, 4.69) is 0 Å². The van der Waals surface area contributed by atoms with Crippen molar-refractivity contribution < 1.29 is 47.8 Å². The summed E-state index contributed by atoms with van der Waals surface area (Å²) < 4.78 is 192. The van der Waals surface area contributed by atoms with E-state index in [0.717, 1.165) is 14.2 Å². The van der Waals surface area contributed by atoms with E-state index >= 15 is 0 Å². The molecule has 0 amide bonds. The van der Waals surface area contributed by atoms with Crippen molar-refractivity contribution in [2.45, 2.75) is 64.8 Å². The average molecular weight is 440 g/mol. The topological polar surface area (TPSA) is 74.0 Å². The largest absolute Gasteiger partial charge is 0.493 e. The number of methoxy groups -OCH3 is 2. The zero-order chi connectivity index (χ0) is 40.3. The van der Waals surface area contributed by atoms with Gasteiger partial charge in [-0.1, -0.05) is 27.5 Å². The second-order valence-electron chi connectivity index (χ2n) is 6.57. The lowest BCUT2D eigenvalue weighted by molar-refractivity contribution is -0.160. The Bertz CT molecular complexity index is 1540. The molecule has 2 aliphatic rings. The molecule has 1 aromatic rings. The maximum atomic E-state index is 13.8. The Labute approximate surface area is 210 Å². The highest BCUT2D eigenvalue weighted by Gasteiger charge is 2.41. The number of carbonyl (C=O) groups excluding carboxylic acids is 1. The van der Waals surface area contributed by atoms with Gasteiger partial charge in [-0.05, 0) is 47.8 Å². The van der Waals surface area contributed by atoms with Crippen LogP contribution in [0.1, 0.15) is 86.2 Å². The minimum Gasteiger partial charge on any atom is -0.493 e. The Hall–Kier alpha value is -1.79. The third-order valence-electron chi connectivity index (χ3n) is 4.51. The summed E-state index contributed by atoms with van der Waals surface area (Å²) >= 11 is 0. The van der Waals surface area contributed by atoms with Crippen LogP contribution >= 0.6 is 0 Å². The lowest BCUT2D eigenvalue weighted by Gasteiger charge is -2.47. The predicted molar refractivity (Wildman–Crippen MR) is 118 cm³/mol. The third-order valence-corrected chi connectivity index (χ3v) is 4.51. The van der Waals surface area contributed by atoms with Crippen LogP contribution in [0.2, 0.25) is 0 Å². The number of carbonyl (C=O) groups is 1. The average Bonchev–Trinajstić information content (AvgIpc) is 2.96. The molecule has 2 aliphatic heterocycles. The normalized spacial score (nSPS) is 46.1. The third kappa shape index (κ3) is 4.75. The van der Waals surface area contributed by atoms with Crippen LogP contribution < -0.4 is 15.2 Å². The summed E-state index contributed by atoms with van der Waals surface area (Å²) in [4.78, 5) is 14.4. The Balaban J connectivity index is 2.53. The van der Waals surface area contributed by atoms with E-state index in [0.29, 0.717) is 11.8 Å². The first-order chi connectivity index (χ1) is 22.5. The van der Waals surface area contributed by atoms with Crippen molar-refractivity contribution in [3.63, 3.8) is 0 Å². The van der Waals surface area contributed by atoms with Crippen LogP contribution in [0, 0.1) is 17.7 Å². The monoisotopic (exact) mass is 439 g/mol. The van der Waals surface area contributed by atoms with Gasteiger partial charge in [0, 0.05) is 56.0 Å². The van der Waals surface area contributed by atoms with Gasteiger partial charge in [0.05, 0.1) is 18.3 Å². The number of esters is 1. The highest BCUT2D eigenvalue weighted by Crippen LogP contribution is 2.44. The molecular weight excluding hydrogens is 380 g/mol. The van der Waals surface area contributed by atoms with E-state index in [-0.39, 0.29) is 17.7 Å². The molecule has 30 heavy (non-hydrogen) atoms. The summed E-state index contributed by atoms with van der Waals surface area (Å²) in [7, 11) is 2.22. The smallest absolute Gasteiger partial charge is 0.323 e. The predicted octanol–water partition coefficient (Wildman–Crippen LogP) is 3.56. The molecule has 1 aromatic carbocycles. The van der Waals surface area contributed by atoms with Gasteiger partial charge >= 0.3 is 5.97 Å².